The van der Waals surface area contributed by atoms with E-state index in [9.17, 15) is 4.79 Å². The predicted molar refractivity (Wildman–Crippen MR) is 132 cm³/mol. The Hall–Kier alpha value is -3.57. The normalized spacial score (nSPS) is 14.5. The summed E-state index contributed by atoms with van der Waals surface area (Å²) < 4.78 is 11.4. The molecule has 1 heterocycles. The van der Waals surface area contributed by atoms with E-state index in [0.29, 0.717) is 47.8 Å². The van der Waals surface area contributed by atoms with Crippen LogP contribution in [0.3, 0.4) is 0 Å². The first-order chi connectivity index (χ1) is 16.1. The summed E-state index contributed by atoms with van der Waals surface area (Å²) in [4.78, 5) is 19.8. The summed E-state index contributed by atoms with van der Waals surface area (Å²) in [6.07, 6.45) is 1.78. The molecule has 0 saturated heterocycles. The van der Waals surface area contributed by atoms with Crippen molar-refractivity contribution in [3.05, 3.63) is 100 Å². The number of nitrogens with zero attached hydrogens (tertiary/aromatic N) is 2. The van der Waals surface area contributed by atoms with Gasteiger partial charge in [0.15, 0.2) is 11.5 Å². The van der Waals surface area contributed by atoms with E-state index in [4.69, 9.17) is 26.1 Å². The van der Waals surface area contributed by atoms with Crippen LogP contribution in [0.2, 0.25) is 5.02 Å². The Morgan fingerprint density at radius 2 is 1.61 bits per heavy atom. The van der Waals surface area contributed by atoms with E-state index in [1.165, 1.54) is 0 Å². The van der Waals surface area contributed by atoms with Gasteiger partial charge in [0.25, 0.3) is 5.91 Å². The van der Waals surface area contributed by atoms with Crippen molar-refractivity contribution in [3.63, 3.8) is 0 Å². The van der Waals surface area contributed by atoms with Crippen molar-refractivity contribution >= 4 is 29.4 Å². The number of aliphatic imine (C=N–C) groups is 1. The highest BCUT2D eigenvalue weighted by Crippen LogP contribution is 2.31. The van der Waals surface area contributed by atoms with Crippen LogP contribution in [0, 0.1) is 0 Å². The maximum atomic E-state index is 13.4. The van der Waals surface area contributed by atoms with Gasteiger partial charge in [0.05, 0.1) is 19.8 Å². The van der Waals surface area contributed by atoms with Crippen molar-refractivity contribution in [2.75, 3.05) is 13.2 Å². The van der Waals surface area contributed by atoms with Gasteiger partial charge in [-0.25, -0.2) is 4.99 Å². The molecule has 5 nitrogen and oxygen atoms in total. The number of amidine groups is 1. The Labute approximate surface area is 198 Å². The van der Waals surface area contributed by atoms with Crippen LogP contribution in [0.5, 0.6) is 11.5 Å². The summed E-state index contributed by atoms with van der Waals surface area (Å²) in [5.41, 5.74) is 3.02. The molecule has 0 aromatic heterocycles. The zero-order chi connectivity index (χ0) is 23.2. The molecule has 0 unspecified atom stereocenters. The zero-order valence-electron chi connectivity index (χ0n) is 18.6. The molecule has 33 heavy (non-hydrogen) atoms. The van der Waals surface area contributed by atoms with Gasteiger partial charge in [0.2, 0.25) is 0 Å². The van der Waals surface area contributed by atoms with Gasteiger partial charge in [-0.05, 0) is 67.4 Å². The second kappa shape index (κ2) is 10.4. The summed E-state index contributed by atoms with van der Waals surface area (Å²) in [6.45, 7) is 5.33. The minimum atomic E-state index is -0.157. The van der Waals surface area contributed by atoms with Crippen molar-refractivity contribution in [2.24, 2.45) is 4.99 Å². The minimum Gasteiger partial charge on any atom is -0.490 e. The Bertz CT molecular complexity index is 1190. The number of amides is 1. The molecule has 1 amide bonds. The van der Waals surface area contributed by atoms with Gasteiger partial charge in [-0.1, -0.05) is 48.0 Å². The summed E-state index contributed by atoms with van der Waals surface area (Å²) >= 11 is 6.07. The maximum absolute atomic E-state index is 13.4. The molecule has 0 N–H and O–H groups in total. The molecule has 3 aromatic rings. The first-order valence-corrected chi connectivity index (χ1v) is 11.3. The number of ether oxygens (including phenoxy) is 2. The minimum absolute atomic E-state index is 0.157. The second-order valence-electron chi connectivity index (χ2n) is 7.42. The molecule has 3 aromatic carbocycles. The largest absolute Gasteiger partial charge is 0.490 e. The summed E-state index contributed by atoms with van der Waals surface area (Å²) in [7, 11) is 0. The average Bonchev–Trinajstić information content (AvgIpc) is 3.12. The topological polar surface area (TPSA) is 51.1 Å². The lowest BCUT2D eigenvalue weighted by molar-refractivity contribution is -0.123. The van der Waals surface area contributed by atoms with Crippen molar-refractivity contribution in [2.45, 2.75) is 20.4 Å². The van der Waals surface area contributed by atoms with Gasteiger partial charge in [0.1, 0.15) is 11.5 Å². The number of hydrogen-bond donors (Lipinski definition) is 0. The lowest BCUT2D eigenvalue weighted by atomic mass is 10.1. The van der Waals surface area contributed by atoms with Gasteiger partial charge >= 0.3 is 0 Å². The SMILES string of the molecule is CCOc1ccc(/C=C2/N=C(c3ccc(Cl)cc3)N(Cc3ccccc3)C2=O)cc1OCC. The van der Waals surface area contributed by atoms with E-state index in [1.54, 1.807) is 23.1 Å². The second-order valence-corrected chi connectivity index (χ2v) is 7.86. The van der Waals surface area contributed by atoms with Gasteiger partial charge in [-0.3, -0.25) is 9.69 Å². The number of hydrogen-bond acceptors (Lipinski definition) is 4. The smallest absolute Gasteiger partial charge is 0.278 e. The third-order valence-electron chi connectivity index (χ3n) is 5.10. The zero-order valence-corrected chi connectivity index (χ0v) is 19.4. The van der Waals surface area contributed by atoms with Crippen LogP contribution in [-0.2, 0) is 11.3 Å². The number of carbonyl (C=O) groups is 1. The van der Waals surface area contributed by atoms with E-state index in [0.717, 1.165) is 16.7 Å². The lowest BCUT2D eigenvalue weighted by Gasteiger charge is -2.18. The quantitative estimate of drug-likeness (QED) is 0.389. The molecular formula is C27H25ClN2O3. The van der Waals surface area contributed by atoms with E-state index in [2.05, 4.69) is 0 Å². The number of carbonyl (C=O) groups excluding carboxylic acids is 1. The standard InChI is InChI=1S/C27H25ClN2O3/c1-3-32-24-15-10-20(17-25(24)33-4-2)16-23-27(31)30(18-19-8-6-5-7-9-19)26(29-23)21-11-13-22(28)14-12-21/h5-17H,3-4,18H2,1-2H3/b23-16+. The molecule has 0 saturated carbocycles. The molecule has 0 aliphatic carbocycles. The molecule has 0 atom stereocenters. The highest BCUT2D eigenvalue weighted by molar-refractivity contribution is 6.30. The van der Waals surface area contributed by atoms with E-state index in [1.807, 2.05) is 74.5 Å². The van der Waals surface area contributed by atoms with Crippen LogP contribution in [0.25, 0.3) is 6.08 Å². The van der Waals surface area contributed by atoms with Crippen LogP contribution in [0.15, 0.2) is 83.5 Å². The fraction of sp³-hybridized carbons (Fsp3) is 0.185. The van der Waals surface area contributed by atoms with Gasteiger partial charge < -0.3 is 9.47 Å². The Morgan fingerprint density at radius 3 is 2.30 bits per heavy atom. The summed E-state index contributed by atoms with van der Waals surface area (Å²) in [6, 6.07) is 22.8. The Kier molecular flexibility index (Phi) is 7.10. The van der Waals surface area contributed by atoms with Crippen molar-refractivity contribution in [1.82, 2.24) is 4.90 Å². The molecule has 0 fully saturated rings. The van der Waals surface area contributed by atoms with Crippen LogP contribution in [0.1, 0.15) is 30.5 Å². The predicted octanol–water partition coefficient (Wildman–Crippen LogP) is 5.97. The molecule has 1 aliphatic heterocycles. The van der Waals surface area contributed by atoms with Crippen LogP contribution in [0.4, 0.5) is 0 Å². The van der Waals surface area contributed by atoms with E-state index in [-0.39, 0.29) is 5.91 Å². The number of benzene rings is 3. The maximum Gasteiger partial charge on any atom is 0.278 e. The number of halogens is 1. The summed E-state index contributed by atoms with van der Waals surface area (Å²) in [5.74, 6) is 1.76. The fourth-order valence-electron chi connectivity index (χ4n) is 3.60. The molecule has 1 aliphatic rings. The first-order valence-electron chi connectivity index (χ1n) is 10.9. The van der Waals surface area contributed by atoms with Crippen LogP contribution < -0.4 is 9.47 Å². The van der Waals surface area contributed by atoms with Crippen molar-refractivity contribution in [3.8, 4) is 11.5 Å². The van der Waals surface area contributed by atoms with E-state index >= 15 is 0 Å². The van der Waals surface area contributed by atoms with Crippen LogP contribution >= 0.6 is 11.6 Å². The van der Waals surface area contributed by atoms with Crippen LogP contribution in [-0.4, -0.2) is 29.9 Å². The Morgan fingerprint density at radius 1 is 0.909 bits per heavy atom. The molecule has 0 spiro atoms. The molecule has 6 heteroatoms. The van der Waals surface area contributed by atoms with Crippen molar-refractivity contribution < 1.29 is 14.3 Å². The van der Waals surface area contributed by atoms with Gasteiger partial charge in [-0.2, -0.15) is 0 Å². The first kappa shape index (κ1) is 22.6. The molecule has 0 bridgehead atoms. The molecule has 168 valence electrons. The third kappa shape index (κ3) is 5.26. The van der Waals surface area contributed by atoms with Gasteiger partial charge in [0, 0.05) is 10.6 Å². The Balaban J connectivity index is 1.72. The monoisotopic (exact) mass is 460 g/mol. The number of rotatable bonds is 8. The average molecular weight is 461 g/mol. The van der Waals surface area contributed by atoms with E-state index < -0.39 is 0 Å². The highest BCUT2D eigenvalue weighted by atomic mass is 35.5. The van der Waals surface area contributed by atoms with Crippen molar-refractivity contribution in [1.29, 1.82) is 0 Å². The molecule has 0 radical (unpaired) electrons. The highest BCUT2D eigenvalue weighted by Gasteiger charge is 2.31. The van der Waals surface area contributed by atoms with Gasteiger partial charge in [-0.15, -0.1) is 0 Å². The fourth-order valence-corrected chi connectivity index (χ4v) is 3.72. The summed E-state index contributed by atoms with van der Waals surface area (Å²) in [5, 5.41) is 0.631. The molecule has 4 rings (SSSR count). The third-order valence-corrected chi connectivity index (χ3v) is 5.36. The lowest BCUT2D eigenvalue weighted by Crippen LogP contribution is -2.32. The molecular weight excluding hydrogens is 436 g/mol.